The van der Waals surface area contributed by atoms with Crippen LogP contribution in [-0.4, -0.2) is 40.8 Å². The number of urea groups is 1. The fourth-order valence-corrected chi connectivity index (χ4v) is 3.29. The average Bonchev–Trinajstić information content (AvgIpc) is 2.73. The molecule has 2 heterocycles. The van der Waals surface area contributed by atoms with Gasteiger partial charge < -0.3 is 21.1 Å². The first kappa shape index (κ1) is 24.3. The number of nitrogens with zero attached hydrogens (tertiary/aromatic N) is 2. The van der Waals surface area contributed by atoms with E-state index in [9.17, 15) is 13.6 Å². The van der Waals surface area contributed by atoms with E-state index in [0.29, 0.717) is 41.1 Å². The van der Waals surface area contributed by atoms with E-state index in [2.05, 4.69) is 46.7 Å². The zero-order valence-corrected chi connectivity index (χ0v) is 19.2. The van der Waals surface area contributed by atoms with Crippen molar-refractivity contribution in [1.29, 1.82) is 0 Å². The van der Waals surface area contributed by atoms with Gasteiger partial charge in [0, 0.05) is 53.6 Å². The minimum atomic E-state index is -0.866. The summed E-state index contributed by atoms with van der Waals surface area (Å²) in [6.07, 6.45) is 2.35. The maximum absolute atomic E-state index is 14.7. The molecule has 0 saturated carbocycles. The molecule has 0 saturated heterocycles. The van der Waals surface area contributed by atoms with Gasteiger partial charge in [-0.2, -0.15) is 0 Å². The first-order valence-corrected chi connectivity index (χ1v) is 10.7. The number of hydrogen-bond donors (Lipinski definition) is 4. The molecule has 0 aliphatic rings. The number of aliphatic hydroxyl groups excluding tert-OH is 1. The third-order valence-corrected chi connectivity index (χ3v) is 5.06. The second kappa shape index (κ2) is 10.1. The van der Waals surface area contributed by atoms with E-state index < -0.39 is 17.7 Å². The highest BCUT2D eigenvalue weighted by molar-refractivity contribution is 5.91. The molecule has 0 aliphatic carbocycles. The van der Waals surface area contributed by atoms with Crippen LogP contribution in [0.2, 0.25) is 0 Å². The number of fused-ring (bicyclic) bond motifs is 1. The number of halogens is 2. The van der Waals surface area contributed by atoms with E-state index in [0.717, 1.165) is 12.5 Å². The largest absolute Gasteiger partial charge is 0.395 e. The van der Waals surface area contributed by atoms with E-state index in [1.54, 1.807) is 25.3 Å². The zero-order chi connectivity index (χ0) is 24.2. The fourth-order valence-electron chi connectivity index (χ4n) is 3.29. The highest BCUT2D eigenvalue weighted by Gasteiger charge is 2.17. The summed E-state index contributed by atoms with van der Waals surface area (Å²) in [4.78, 5) is 21.0. The Hall–Kier alpha value is -3.33. The average molecular weight is 458 g/mol. The molecule has 0 fully saturated rings. The summed E-state index contributed by atoms with van der Waals surface area (Å²) in [5.74, 6) is -1.06. The number of carbonyl (C=O) groups is 1. The van der Waals surface area contributed by atoms with Crippen molar-refractivity contribution in [1.82, 2.24) is 15.3 Å². The van der Waals surface area contributed by atoms with Crippen LogP contribution in [0.5, 0.6) is 0 Å². The van der Waals surface area contributed by atoms with Gasteiger partial charge in [0.25, 0.3) is 0 Å². The monoisotopic (exact) mass is 457 g/mol. The van der Waals surface area contributed by atoms with Gasteiger partial charge in [0.15, 0.2) is 0 Å². The van der Waals surface area contributed by atoms with Crippen LogP contribution in [0.25, 0.3) is 22.0 Å². The summed E-state index contributed by atoms with van der Waals surface area (Å²) in [7, 11) is 0. The van der Waals surface area contributed by atoms with Crippen molar-refractivity contribution in [2.75, 3.05) is 30.3 Å². The van der Waals surface area contributed by atoms with Crippen LogP contribution in [-0.2, 0) is 0 Å². The molecule has 0 unspecified atom stereocenters. The molecule has 33 heavy (non-hydrogen) atoms. The predicted molar refractivity (Wildman–Crippen MR) is 126 cm³/mol. The number of nitrogens with one attached hydrogen (secondary N) is 3. The van der Waals surface area contributed by atoms with Crippen molar-refractivity contribution in [3.63, 3.8) is 0 Å². The minimum Gasteiger partial charge on any atom is -0.395 e. The lowest BCUT2D eigenvalue weighted by atomic mass is 9.92. The molecule has 0 spiro atoms. The fraction of sp³-hybridized carbons (Fsp3) is 0.375. The van der Waals surface area contributed by atoms with E-state index in [1.165, 1.54) is 6.07 Å². The number of aliphatic hydroxyl groups is 1. The normalized spacial score (nSPS) is 11.5. The summed E-state index contributed by atoms with van der Waals surface area (Å²) in [5.41, 5.74) is 1.69. The molecule has 1 aromatic carbocycles. The molecular formula is C24H29F2N5O2. The van der Waals surface area contributed by atoms with E-state index in [-0.39, 0.29) is 23.3 Å². The van der Waals surface area contributed by atoms with Crippen molar-refractivity contribution < 1.29 is 18.7 Å². The summed E-state index contributed by atoms with van der Waals surface area (Å²) < 4.78 is 29.1. The number of benzene rings is 1. The predicted octanol–water partition coefficient (Wildman–Crippen LogP) is 4.85. The molecule has 2 amide bonds. The number of anilines is 2. The Kier molecular flexibility index (Phi) is 7.43. The Morgan fingerprint density at radius 1 is 1.06 bits per heavy atom. The first-order valence-electron chi connectivity index (χ1n) is 10.7. The van der Waals surface area contributed by atoms with Crippen molar-refractivity contribution in [2.24, 2.45) is 5.41 Å². The molecule has 0 aliphatic heterocycles. The maximum atomic E-state index is 14.7. The molecule has 9 heteroatoms. The lowest BCUT2D eigenvalue weighted by Gasteiger charge is -2.18. The maximum Gasteiger partial charge on any atom is 0.319 e. The molecule has 2 aromatic heterocycles. The minimum absolute atomic E-state index is 0.0278. The Labute approximate surface area is 191 Å². The molecule has 0 radical (unpaired) electrons. The molecular weight excluding hydrogens is 428 g/mol. The Bertz CT molecular complexity index is 1160. The number of carbonyl (C=O) groups excluding carboxylic acids is 1. The van der Waals surface area contributed by atoms with Crippen LogP contribution in [0.15, 0.2) is 30.5 Å². The van der Waals surface area contributed by atoms with Gasteiger partial charge in [0.05, 0.1) is 17.8 Å². The zero-order valence-electron chi connectivity index (χ0n) is 19.2. The summed E-state index contributed by atoms with van der Waals surface area (Å²) >= 11 is 0. The SMILES string of the molecule is Cc1nc2cc(NCCO)ncc2cc1-c1cc(NC(=O)NCCC(C)(C)C)c(F)cc1F. The van der Waals surface area contributed by atoms with Gasteiger partial charge in [0.1, 0.15) is 17.5 Å². The summed E-state index contributed by atoms with van der Waals surface area (Å²) in [6.45, 7) is 8.66. The number of rotatable bonds is 7. The Balaban J connectivity index is 1.88. The van der Waals surface area contributed by atoms with Crippen molar-refractivity contribution in [3.8, 4) is 11.1 Å². The number of aromatic nitrogens is 2. The van der Waals surface area contributed by atoms with Gasteiger partial charge in [-0.15, -0.1) is 0 Å². The Morgan fingerprint density at radius 2 is 1.82 bits per heavy atom. The van der Waals surface area contributed by atoms with Crippen LogP contribution in [0.1, 0.15) is 32.9 Å². The molecule has 4 N–H and O–H groups in total. The van der Waals surface area contributed by atoms with Crippen molar-refractivity contribution >= 4 is 28.4 Å². The highest BCUT2D eigenvalue weighted by Crippen LogP contribution is 2.32. The topological polar surface area (TPSA) is 99.2 Å². The van der Waals surface area contributed by atoms with Crippen LogP contribution >= 0.6 is 0 Å². The number of pyridine rings is 2. The first-order chi connectivity index (χ1) is 15.6. The van der Waals surface area contributed by atoms with E-state index >= 15 is 0 Å². The van der Waals surface area contributed by atoms with Gasteiger partial charge in [-0.3, -0.25) is 4.98 Å². The molecule has 3 aromatic rings. The van der Waals surface area contributed by atoms with Crippen LogP contribution in [0.3, 0.4) is 0 Å². The third-order valence-electron chi connectivity index (χ3n) is 5.06. The highest BCUT2D eigenvalue weighted by atomic mass is 19.1. The number of hydrogen-bond acceptors (Lipinski definition) is 5. The second-order valence-electron chi connectivity index (χ2n) is 9.04. The van der Waals surface area contributed by atoms with Gasteiger partial charge in [-0.05, 0) is 30.9 Å². The van der Waals surface area contributed by atoms with Gasteiger partial charge >= 0.3 is 6.03 Å². The van der Waals surface area contributed by atoms with Crippen molar-refractivity contribution in [2.45, 2.75) is 34.1 Å². The van der Waals surface area contributed by atoms with Crippen LogP contribution < -0.4 is 16.0 Å². The third kappa shape index (κ3) is 6.35. The van der Waals surface area contributed by atoms with Crippen LogP contribution in [0.4, 0.5) is 25.1 Å². The van der Waals surface area contributed by atoms with Gasteiger partial charge in [-0.25, -0.2) is 18.6 Å². The van der Waals surface area contributed by atoms with Gasteiger partial charge in [0.2, 0.25) is 0 Å². The standard InChI is InChI=1S/C24H29F2N5O2/c1-14-16(9-15-13-29-22(27-7-8-32)12-20(15)30-14)17-10-21(19(26)11-18(17)25)31-23(33)28-6-5-24(2,3)4/h9-13,32H,5-8H2,1-4H3,(H,27,29)(H2,28,31,33). The molecule has 0 bridgehead atoms. The molecule has 176 valence electrons. The smallest absolute Gasteiger partial charge is 0.319 e. The van der Waals surface area contributed by atoms with Crippen molar-refractivity contribution in [3.05, 3.63) is 47.8 Å². The lowest BCUT2D eigenvalue weighted by Crippen LogP contribution is -2.31. The molecule has 0 atom stereocenters. The van der Waals surface area contributed by atoms with Gasteiger partial charge in [-0.1, -0.05) is 20.8 Å². The molecule has 3 rings (SSSR count). The summed E-state index contributed by atoms with van der Waals surface area (Å²) in [5, 5.41) is 17.7. The summed E-state index contributed by atoms with van der Waals surface area (Å²) in [6, 6.07) is 4.93. The second-order valence-corrected chi connectivity index (χ2v) is 9.04. The van der Waals surface area contributed by atoms with Crippen LogP contribution in [0, 0.1) is 24.0 Å². The number of aryl methyl sites for hydroxylation is 1. The molecule has 7 nitrogen and oxygen atoms in total. The Morgan fingerprint density at radius 3 is 2.52 bits per heavy atom. The van der Waals surface area contributed by atoms with E-state index in [1.807, 2.05) is 0 Å². The van der Waals surface area contributed by atoms with E-state index in [4.69, 9.17) is 5.11 Å². The number of amides is 2. The lowest BCUT2D eigenvalue weighted by molar-refractivity contribution is 0.250. The quantitative estimate of drug-likeness (QED) is 0.407.